The number of hydrogen-bond acceptors (Lipinski definition) is 2. The van der Waals surface area contributed by atoms with Crippen molar-refractivity contribution in [3.05, 3.63) is 28.8 Å². The number of unbranched alkanes of at least 4 members (excludes halogenated alkanes) is 2. The quantitative estimate of drug-likeness (QED) is 0.753. The first-order valence-electron chi connectivity index (χ1n) is 7.30. The van der Waals surface area contributed by atoms with E-state index in [1.54, 1.807) is 11.1 Å². The third-order valence-corrected chi connectivity index (χ3v) is 4.19. The molecule has 0 heterocycles. The van der Waals surface area contributed by atoms with Gasteiger partial charge in [-0.1, -0.05) is 19.4 Å². The van der Waals surface area contributed by atoms with Gasteiger partial charge in [0, 0.05) is 12.2 Å². The van der Waals surface area contributed by atoms with E-state index in [-0.39, 0.29) is 0 Å². The lowest BCUT2D eigenvalue weighted by Gasteiger charge is -2.14. The van der Waals surface area contributed by atoms with Crippen LogP contribution in [0, 0.1) is 6.92 Å². The average Bonchev–Trinajstić information content (AvgIpc) is 2.74. The summed E-state index contributed by atoms with van der Waals surface area (Å²) in [6.07, 6.45) is 6.15. The highest BCUT2D eigenvalue weighted by Crippen LogP contribution is 2.37. The topological polar surface area (TPSA) is 38.0 Å². The minimum absolute atomic E-state index is 0.748. The molecule has 1 unspecified atom stereocenters. The zero-order chi connectivity index (χ0) is 13.0. The first kappa shape index (κ1) is 13.4. The van der Waals surface area contributed by atoms with Gasteiger partial charge in [-0.2, -0.15) is 0 Å². The molecule has 2 rings (SSSR count). The second kappa shape index (κ2) is 6.24. The van der Waals surface area contributed by atoms with Crippen LogP contribution in [0.4, 0.5) is 5.69 Å². The number of hydrogen-bond donors (Lipinski definition) is 2. The van der Waals surface area contributed by atoms with Crippen LogP contribution in [0.5, 0.6) is 0 Å². The third kappa shape index (κ3) is 2.86. The van der Waals surface area contributed by atoms with Crippen molar-refractivity contribution in [2.75, 3.05) is 18.4 Å². The Bertz CT molecular complexity index is 398. The van der Waals surface area contributed by atoms with Gasteiger partial charge in [0.1, 0.15) is 0 Å². The molecule has 0 bridgehead atoms. The summed E-state index contributed by atoms with van der Waals surface area (Å²) >= 11 is 0. The van der Waals surface area contributed by atoms with Crippen LogP contribution in [0.1, 0.15) is 55.2 Å². The number of nitrogens with one attached hydrogen (secondary N) is 1. The van der Waals surface area contributed by atoms with E-state index in [0.29, 0.717) is 0 Å². The molecule has 0 radical (unpaired) electrons. The van der Waals surface area contributed by atoms with Gasteiger partial charge in [-0.05, 0) is 67.8 Å². The fourth-order valence-electron chi connectivity index (χ4n) is 2.95. The molecule has 3 N–H and O–H groups in total. The lowest BCUT2D eigenvalue weighted by Crippen LogP contribution is -2.06. The van der Waals surface area contributed by atoms with Crippen LogP contribution in [0.2, 0.25) is 0 Å². The minimum Gasteiger partial charge on any atom is -0.385 e. The normalized spacial score (nSPS) is 17.8. The van der Waals surface area contributed by atoms with Gasteiger partial charge in [-0.25, -0.2) is 0 Å². The Morgan fingerprint density at radius 1 is 1.28 bits per heavy atom. The maximum atomic E-state index is 5.50. The molecule has 1 aliphatic carbocycles. The van der Waals surface area contributed by atoms with Gasteiger partial charge < -0.3 is 11.1 Å². The van der Waals surface area contributed by atoms with Gasteiger partial charge in [0.15, 0.2) is 0 Å². The summed E-state index contributed by atoms with van der Waals surface area (Å²) in [5, 5.41) is 3.58. The van der Waals surface area contributed by atoms with Crippen molar-refractivity contribution in [1.82, 2.24) is 0 Å². The van der Waals surface area contributed by atoms with Crippen molar-refractivity contribution >= 4 is 5.69 Å². The SMILES string of the molecule is Cc1c(NCCCCCN)ccc2c1CCC2C. The van der Waals surface area contributed by atoms with E-state index < -0.39 is 0 Å². The van der Waals surface area contributed by atoms with Crippen molar-refractivity contribution in [1.29, 1.82) is 0 Å². The van der Waals surface area contributed by atoms with Gasteiger partial charge in [0.05, 0.1) is 0 Å². The molecule has 18 heavy (non-hydrogen) atoms. The molecule has 1 aliphatic rings. The molecule has 0 spiro atoms. The summed E-state index contributed by atoms with van der Waals surface area (Å²) in [6, 6.07) is 4.58. The van der Waals surface area contributed by atoms with Gasteiger partial charge in [-0.15, -0.1) is 0 Å². The summed E-state index contributed by atoms with van der Waals surface area (Å²) in [5.74, 6) is 0.748. The molecule has 0 aliphatic heterocycles. The van der Waals surface area contributed by atoms with E-state index >= 15 is 0 Å². The van der Waals surface area contributed by atoms with Crippen LogP contribution < -0.4 is 11.1 Å². The van der Waals surface area contributed by atoms with Crippen molar-refractivity contribution in [3.8, 4) is 0 Å². The summed E-state index contributed by atoms with van der Waals surface area (Å²) < 4.78 is 0. The van der Waals surface area contributed by atoms with Gasteiger partial charge in [-0.3, -0.25) is 0 Å². The van der Waals surface area contributed by atoms with Crippen molar-refractivity contribution in [2.45, 2.75) is 51.9 Å². The number of benzene rings is 1. The van der Waals surface area contributed by atoms with E-state index in [1.165, 1.54) is 36.9 Å². The predicted octanol–water partition coefficient (Wildman–Crippen LogP) is 3.59. The number of nitrogens with two attached hydrogens (primary N) is 1. The first-order valence-corrected chi connectivity index (χ1v) is 7.30. The molecule has 1 aromatic rings. The lowest BCUT2D eigenvalue weighted by molar-refractivity contribution is 0.707. The second-order valence-corrected chi connectivity index (χ2v) is 5.52. The number of fused-ring (bicyclic) bond motifs is 1. The van der Waals surface area contributed by atoms with Crippen LogP contribution in [0.25, 0.3) is 0 Å². The monoisotopic (exact) mass is 246 g/mol. The zero-order valence-electron chi connectivity index (χ0n) is 11.8. The molecule has 0 saturated heterocycles. The molecule has 0 fully saturated rings. The Morgan fingerprint density at radius 3 is 2.89 bits per heavy atom. The van der Waals surface area contributed by atoms with Crippen LogP contribution in [0.15, 0.2) is 12.1 Å². The maximum Gasteiger partial charge on any atom is 0.0372 e. The maximum absolute atomic E-state index is 5.50. The first-order chi connectivity index (χ1) is 8.74. The number of rotatable bonds is 6. The summed E-state index contributed by atoms with van der Waals surface area (Å²) in [7, 11) is 0. The zero-order valence-corrected chi connectivity index (χ0v) is 11.8. The largest absolute Gasteiger partial charge is 0.385 e. The van der Waals surface area contributed by atoms with E-state index in [1.807, 2.05) is 0 Å². The highest BCUT2D eigenvalue weighted by atomic mass is 14.9. The Labute approximate surface area is 111 Å². The fraction of sp³-hybridized carbons (Fsp3) is 0.625. The van der Waals surface area contributed by atoms with Crippen LogP contribution >= 0.6 is 0 Å². The molecular weight excluding hydrogens is 220 g/mol. The molecule has 0 aromatic heterocycles. The molecule has 2 heteroatoms. The van der Waals surface area contributed by atoms with Crippen LogP contribution in [-0.2, 0) is 6.42 Å². The summed E-state index contributed by atoms with van der Waals surface area (Å²) in [5.41, 5.74) is 11.5. The highest BCUT2D eigenvalue weighted by Gasteiger charge is 2.20. The lowest BCUT2D eigenvalue weighted by atomic mass is 9.99. The number of anilines is 1. The second-order valence-electron chi connectivity index (χ2n) is 5.52. The fourth-order valence-corrected chi connectivity index (χ4v) is 2.95. The van der Waals surface area contributed by atoms with E-state index in [4.69, 9.17) is 5.73 Å². The van der Waals surface area contributed by atoms with Crippen molar-refractivity contribution < 1.29 is 0 Å². The molecule has 1 atom stereocenters. The highest BCUT2D eigenvalue weighted by molar-refractivity contribution is 5.58. The standard InChI is InChI=1S/C16H26N2/c1-12-6-7-15-13(2)16(9-8-14(12)15)18-11-5-3-4-10-17/h8-9,12,18H,3-7,10-11,17H2,1-2H3. The average molecular weight is 246 g/mol. The van der Waals surface area contributed by atoms with E-state index in [9.17, 15) is 0 Å². The molecule has 0 saturated carbocycles. The Balaban J connectivity index is 1.94. The molecule has 100 valence electrons. The van der Waals surface area contributed by atoms with Gasteiger partial charge in [0.2, 0.25) is 0 Å². The molecule has 0 amide bonds. The molecule has 1 aromatic carbocycles. The summed E-state index contributed by atoms with van der Waals surface area (Å²) in [6.45, 7) is 6.48. The van der Waals surface area contributed by atoms with Gasteiger partial charge >= 0.3 is 0 Å². The van der Waals surface area contributed by atoms with Crippen LogP contribution in [-0.4, -0.2) is 13.1 Å². The smallest absolute Gasteiger partial charge is 0.0372 e. The van der Waals surface area contributed by atoms with Gasteiger partial charge in [0.25, 0.3) is 0 Å². The third-order valence-electron chi connectivity index (χ3n) is 4.19. The molecule has 2 nitrogen and oxygen atoms in total. The van der Waals surface area contributed by atoms with Crippen molar-refractivity contribution in [3.63, 3.8) is 0 Å². The Hall–Kier alpha value is -1.02. The van der Waals surface area contributed by atoms with E-state index in [0.717, 1.165) is 25.4 Å². The Kier molecular flexibility index (Phi) is 4.65. The minimum atomic E-state index is 0.748. The molecular formula is C16H26N2. The summed E-state index contributed by atoms with van der Waals surface area (Å²) in [4.78, 5) is 0. The Morgan fingerprint density at radius 2 is 2.11 bits per heavy atom. The van der Waals surface area contributed by atoms with Crippen LogP contribution in [0.3, 0.4) is 0 Å². The van der Waals surface area contributed by atoms with E-state index in [2.05, 4.69) is 31.3 Å². The van der Waals surface area contributed by atoms with Crippen molar-refractivity contribution in [2.24, 2.45) is 5.73 Å². The predicted molar refractivity (Wildman–Crippen MR) is 79.3 cm³/mol.